The van der Waals surface area contributed by atoms with Gasteiger partial charge in [0.05, 0.1) is 11.7 Å². The van der Waals surface area contributed by atoms with Crippen LogP contribution in [-0.4, -0.2) is 39.4 Å². The van der Waals surface area contributed by atoms with E-state index in [-0.39, 0.29) is 42.5 Å². The molecule has 0 radical (unpaired) electrons. The van der Waals surface area contributed by atoms with Crippen LogP contribution < -0.4 is 4.90 Å². The third-order valence-corrected chi connectivity index (χ3v) is 5.35. The molecule has 2 aliphatic rings. The first-order valence-electron chi connectivity index (χ1n) is 9.23. The summed E-state index contributed by atoms with van der Waals surface area (Å²) in [6, 6.07) is 4.24. The highest BCUT2D eigenvalue weighted by atomic mass is 19.4. The Morgan fingerprint density at radius 2 is 1.83 bits per heavy atom. The lowest BCUT2D eigenvalue weighted by molar-refractivity contribution is -0.147. The molecule has 0 unspecified atom stereocenters. The number of imidazole rings is 1. The number of hydrogen-bond acceptors (Lipinski definition) is 3. The van der Waals surface area contributed by atoms with E-state index in [4.69, 9.17) is 0 Å². The van der Waals surface area contributed by atoms with Crippen molar-refractivity contribution in [3.63, 3.8) is 0 Å². The number of aromatic nitrogens is 2. The van der Waals surface area contributed by atoms with Gasteiger partial charge >= 0.3 is 6.18 Å². The Kier molecular flexibility index (Phi) is 4.59. The minimum Gasteiger partial charge on any atom is -0.328 e. The van der Waals surface area contributed by atoms with Crippen LogP contribution in [0.1, 0.15) is 47.7 Å². The van der Waals surface area contributed by atoms with Crippen molar-refractivity contribution >= 4 is 17.6 Å². The molecule has 1 saturated heterocycles. The van der Waals surface area contributed by atoms with Crippen molar-refractivity contribution in [3.8, 4) is 0 Å². The summed E-state index contributed by atoms with van der Waals surface area (Å²) in [7, 11) is 0. The van der Waals surface area contributed by atoms with E-state index in [0.717, 1.165) is 16.7 Å². The van der Waals surface area contributed by atoms with Crippen molar-refractivity contribution in [3.05, 3.63) is 47.2 Å². The summed E-state index contributed by atoms with van der Waals surface area (Å²) in [5.74, 6) is -2.30. The molecule has 0 bridgehead atoms. The fourth-order valence-electron chi connectivity index (χ4n) is 3.96. The number of fused-ring (bicyclic) bond motifs is 1. The summed E-state index contributed by atoms with van der Waals surface area (Å²) in [5, 5.41) is 0. The summed E-state index contributed by atoms with van der Waals surface area (Å²) in [6.45, 7) is 1.84. The molecule has 1 fully saturated rings. The SMILES string of the molecule is C[C@H]1c2c(N3CCCC3=O)nc(C(F)(F)F)n2CCN1C(=O)c1ccc(F)cc1. The fraction of sp³-hybridized carbons (Fsp3) is 0.421. The zero-order valence-corrected chi connectivity index (χ0v) is 15.5. The number of rotatable bonds is 2. The van der Waals surface area contributed by atoms with Gasteiger partial charge in [0, 0.05) is 31.6 Å². The first-order valence-corrected chi connectivity index (χ1v) is 9.23. The molecule has 0 aliphatic carbocycles. The zero-order valence-electron chi connectivity index (χ0n) is 15.5. The minimum absolute atomic E-state index is 0.0380. The highest BCUT2D eigenvalue weighted by molar-refractivity contribution is 5.96. The van der Waals surface area contributed by atoms with Crippen molar-refractivity contribution in [2.75, 3.05) is 18.0 Å². The van der Waals surface area contributed by atoms with Gasteiger partial charge in [-0.15, -0.1) is 0 Å². The molecule has 0 saturated carbocycles. The molecule has 6 nitrogen and oxygen atoms in total. The maximum Gasteiger partial charge on any atom is 0.449 e. The van der Waals surface area contributed by atoms with Gasteiger partial charge in [-0.25, -0.2) is 9.37 Å². The molecular formula is C19H18F4N4O2. The van der Waals surface area contributed by atoms with Crippen LogP contribution in [-0.2, 0) is 17.5 Å². The van der Waals surface area contributed by atoms with Crippen LogP contribution in [0.5, 0.6) is 0 Å². The first kappa shape index (κ1) is 19.4. The van der Waals surface area contributed by atoms with Gasteiger partial charge in [0.2, 0.25) is 11.7 Å². The molecule has 10 heteroatoms. The van der Waals surface area contributed by atoms with Gasteiger partial charge in [0.1, 0.15) is 5.82 Å². The third-order valence-electron chi connectivity index (χ3n) is 5.35. The molecule has 0 N–H and O–H groups in total. The van der Waals surface area contributed by atoms with E-state index in [1.54, 1.807) is 6.92 Å². The second-order valence-corrected chi connectivity index (χ2v) is 7.12. The molecule has 154 valence electrons. The lowest BCUT2D eigenvalue weighted by Crippen LogP contribution is -2.42. The van der Waals surface area contributed by atoms with Crippen molar-refractivity contribution in [2.24, 2.45) is 0 Å². The van der Waals surface area contributed by atoms with Crippen molar-refractivity contribution in [2.45, 2.75) is 38.5 Å². The van der Waals surface area contributed by atoms with E-state index < -0.39 is 29.8 Å². The molecule has 4 rings (SSSR count). The Morgan fingerprint density at radius 3 is 2.41 bits per heavy atom. The molecule has 2 amide bonds. The maximum absolute atomic E-state index is 13.6. The van der Waals surface area contributed by atoms with Crippen LogP contribution in [0.3, 0.4) is 0 Å². The van der Waals surface area contributed by atoms with Gasteiger partial charge in [-0.3, -0.25) is 14.5 Å². The highest BCUT2D eigenvalue weighted by Gasteiger charge is 2.44. The Hall–Kier alpha value is -2.91. The summed E-state index contributed by atoms with van der Waals surface area (Å²) in [6.07, 6.45) is -3.89. The summed E-state index contributed by atoms with van der Waals surface area (Å²) < 4.78 is 54.9. The number of hydrogen-bond donors (Lipinski definition) is 0. The van der Waals surface area contributed by atoms with Crippen molar-refractivity contribution < 1.29 is 27.2 Å². The summed E-state index contributed by atoms with van der Waals surface area (Å²) in [5.41, 5.74) is 0.426. The van der Waals surface area contributed by atoms with Crippen LogP contribution in [0.4, 0.5) is 23.4 Å². The Morgan fingerprint density at radius 1 is 1.14 bits per heavy atom. The average Bonchev–Trinajstić information content (AvgIpc) is 3.25. The summed E-state index contributed by atoms with van der Waals surface area (Å²) in [4.78, 5) is 31.5. The van der Waals surface area contributed by atoms with Crippen LogP contribution in [0.15, 0.2) is 24.3 Å². The number of carbonyl (C=O) groups is 2. The molecule has 2 aromatic rings. The van der Waals surface area contributed by atoms with Gasteiger partial charge in [0.15, 0.2) is 5.82 Å². The van der Waals surface area contributed by atoms with E-state index in [0.29, 0.717) is 13.0 Å². The van der Waals surface area contributed by atoms with Crippen LogP contribution in [0.25, 0.3) is 0 Å². The highest BCUT2D eigenvalue weighted by Crippen LogP contribution is 2.40. The van der Waals surface area contributed by atoms with E-state index in [2.05, 4.69) is 4.98 Å². The topological polar surface area (TPSA) is 58.4 Å². The number of anilines is 1. The van der Waals surface area contributed by atoms with Gasteiger partial charge in [-0.05, 0) is 37.6 Å². The van der Waals surface area contributed by atoms with Gasteiger partial charge in [-0.2, -0.15) is 13.2 Å². The molecule has 3 heterocycles. The van der Waals surface area contributed by atoms with Gasteiger partial charge in [-0.1, -0.05) is 0 Å². The molecule has 0 spiro atoms. The van der Waals surface area contributed by atoms with E-state index in [1.165, 1.54) is 21.9 Å². The zero-order chi connectivity index (χ0) is 20.9. The predicted octanol–water partition coefficient (Wildman–Crippen LogP) is 3.38. The van der Waals surface area contributed by atoms with Crippen LogP contribution in [0.2, 0.25) is 0 Å². The van der Waals surface area contributed by atoms with E-state index >= 15 is 0 Å². The van der Waals surface area contributed by atoms with Crippen molar-refractivity contribution in [1.82, 2.24) is 14.5 Å². The molecule has 1 aromatic carbocycles. The van der Waals surface area contributed by atoms with Crippen LogP contribution in [0, 0.1) is 5.82 Å². The third kappa shape index (κ3) is 3.26. The van der Waals surface area contributed by atoms with E-state index in [1.807, 2.05) is 0 Å². The molecule has 1 atom stereocenters. The fourth-order valence-corrected chi connectivity index (χ4v) is 3.96. The Balaban J connectivity index is 1.76. The lowest BCUT2D eigenvalue weighted by atomic mass is 10.1. The van der Waals surface area contributed by atoms with Crippen LogP contribution >= 0.6 is 0 Å². The number of alkyl halides is 3. The molecular weight excluding hydrogens is 392 g/mol. The molecule has 2 aliphatic heterocycles. The second kappa shape index (κ2) is 6.85. The van der Waals surface area contributed by atoms with Gasteiger partial charge in [0.25, 0.3) is 5.91 Å². The minimum atomic E-state index is -4.68. The molecule has 29 heavy (non-hydrogen) atoms. The number of halogens is 4. The standard InChI is InChI=1S/C19H18F4N4O2/c1-11-15-16(26-8-2-3-14(26)28)24-18(19(21,22)23)27(15)10-9-25(11)17(29)12-4-6-13(20)7-5-12/h4-7,11H,2-3,8-10H2,1H3/t11-/m0/s1. The van der Waals surface area contributed by atoms with E-state index in [9.17, 15) is 27.2 Å². The van der Waals surface area contributed by atoms with Crippen molar-refractivity contribution in [1.29, 1.82) is 0 Å². The smallest absolute Gasteiger partial charge is 0.328 e. The lowest BCUT2D eigenvalue weighted by Gasteiger charge is -2.36. The number of benzene rings is 1. The number of amides is 2. The number of nitrogens with zero attached hydrogens (tertiary/aromatic N) is 4. The van der Waals surface area contributed by atoms with Gasteiger partial charge < -0.3 is 9.47 Å². The number of carbonyl (C=O) groups excluding carboxylic acids is 2. The second-order valence-electron chi connectivity index (χ2n) is 7.12. The molecule has 1 aromatic heterocycles. The maximum atomic E-state index is 13.6. The summed E-state index contributed by atoms with van der Waals surface area (Å²) >= 11 is 0. The predicted molar refractivity (Wildman–Crippen MR) is 94.7 cm³/mol. The largest absolute Gasteiger partial charge is 0.449 e. The normalized spacial score (nSPS) is 19.6. The Labute approximate surface area is 163 Å². The Bertz CT molecular complexity index is 968. The quantitative estimate of drug-likeness (QED) is 0.714. The monoisotopic (exact) mass is 410 g/mol. The average molecular weight is 410 g/mol. The first-order chi connectivity index (χ1) is 13.7.